The fourth-order valence-corrected chi connectivity index (χ4v) is 3.66. The predicted molar refractivity (Wildman–Crippen MR) is 86.5 cm³/mol. The number of hydrogen-bond acceptors (Lipinski definition) is 4. The first-order valence-electron chi connectivity index (χ1n) is 8.90. The van der Waals surface area contributed by atoms with Gasteiger partial charge in [-0.25, -0.2) is 0 Å². The van der Waals surface area contributed by atoms with Crippen LogP contribution in [0.4, 0.5) is 0 Å². The first-order chi connectivity index (χ1) is 10.2. The van der Waals surface area contributed by atoms with E-state index in [1.165, 1.54) is 38.8 Å². The molecule has 4 atom stereocenters. The highest BCUT2D eigenvalue weighted by molar-refractivity contribution is 4.77. The molecule has 0 aromatic carbocycles. The van der Waals surface area contributed by atoms with Gasteiger partial charge in [-0.2, -0.15) is 0 Å². The summed E-state index contributed by atoms with van der Waals surface area (Å²) in [5.74, 6) is 1.53. The van der Waals surface area contributed by atoms with Gasteiger partial charge in [0.15, 0.2) is 0 Å². The Morgan fingerprint density at radius 1 is 1.33 bits per heavy atom. The molecule has 0 amide bonds. The van der Waals surface area contributed by atoms with Crippen molar-refractivity contribution < 1.29 is 9.84 Å². The molecular formula is C17H34N2O2. The number of aliphatic hydroxyl groups excluding tert-OH is 1. The summed E-state index contributed by atoms with van der Waals surface area (Å²) in [5.41, 5.74) is 0. The molecule has 4 unspecified atom stereocenters. The van der Waals surface area contributed by atoms with E-state index in [1.807, 2.05) is 0 Å². The molecule has 0 aromatic heterocycles. The highest BCUT2D eigenvalue weighted by Gasteiger charge is 2.22. The predicted octanol–water partition coefficient (Wildman–Crippen LogP) is 1.87. The molecule has 124 valence electrons. The van der Waals surface area contributed by atoms with Gasteiger partial charge in [0.1, 0.15) is 0 Å². The van der Waals surface area contributed by atoms with Crippen molar-refractivity contribution in [2.24, 2.45) is 11.8 Å². The van der Waals surface area contributed by atoms with E-state index in [9.17, 15) is 5.11 Å². The number of aliphatic hydroxyl groups is 1. The fraction of sp³-hybridized carbons (Fsp3) is 1.00. The Balaban J connectivity index is 1.50. The van der Waals surface area contributed by atoms with Gasteiger partial charge in [0.2, 0.25) is 0 Å². The second-order valence-corrected chi connectivity index (χ2v) is 7.09. The van der Waals surface area contributed by atoms with Gasteiger partial charge in [0.05, 0.1) is 18.8 Å². The third-order valence-corrected chi connectivity index (χ3v) is 5.04. The lowest BCUT2D eigenvalue weighted by atomic mass is 9.89. The number of nitrogens with zero attached hydrogens (tertiary/aromatic N) is 1. The van der Waals surface area contributed by atoms with Gasteiger partial charge in [0, 0.05) is 13.1 Å². The summed E-state index contributed by atoms with van der Waals surface area (Å²) < 4.78 is 5.87. The van der Waals surface area contributed by atoms with Crippen molar-refractivity contribution in [2.75, 3.05) is 39.3 Å². The minimum absolute atomic E-state index is 0.370. The zero-order chi connectivity index (χ0) is 15.1. The highest BCUT2D eigenvalue weighted by Crippen LogP contribution is 2.25. The van der Waals surface area contributed by atoms with Crippen LogP contribution in [0.5, 0.6) is 0 Å². The Morgan fingerprint density at radius 3 is 2.90 bits per heavy atom. The van der Waals surface area contributed by atoms with Crippen molar-refractivity contribution in [3.8, 4) is 0 Å². The molecule has 0 spiro atoms. The minimum atomic E-state index is -0.370. The molecule has 2 aliphatic rings. The minimum Gasteiger partial charge on any atom is -0.389 e. The maximum Gasteiger partial charge on any atom is 0.0897 e. The second kappa shape index (κ2) is 9.09. The summed E-state index contributed by atoms with van der Waals surface area (Å²) in [6, 6.07) is 0. The van der Waals surface area contributed by atoms with Crippen molar-refractivity contribution >= 4 is 0 Å². The van der Waals surface area contributed by atoms with Crippen molar-refractivity contribution in [1.29, 1.82) is 0 Å². The highest BCUT2D eigenvalue weighted by atomic mass is 16.5. The maximum absolute atomic E-state index is 10.0. The number of rotatable bonds is 8. The summed E-state index contributed by atoms with van der Waals surface area (Å²) in [6.07, 6.45) is 6.22. The molecule has 0 radical (unpaired) electrons. The summed E-state index contributed by atoms with van der Waals surface area (Å²) in [4.78, 5) is 2.50. The summed E-state index contributed by atoms with van der Waals surface area (Å²) in [6.45, 7) is 10.3. The Bertz CT molecular complexity index is 288. The number of ether oxygens (including phenoxy) is 1. The lowest BCUT2D eigenvalue weighted by Gasteiger charge is -2.27. The van der Waals surface area contributed by atoms with E-state index < -0.39 is 0 Å². The van der Waals surface area contributed by atoms with E-state index in [4.69, 9.17) is 4.74 Å². The Morgan fingerprint density at radius 2 is 2.19 bits per heavy atom. The normalized spacial score (nSPS) is 32.4. The lowest BCUT2D eigenvalue weighted by molar-refractivity contribution is -0.0307. The third-order valence-electron chi connectivity index (χ3n) is 5.04. The Labute approximate surface area is 130 Å². The molecule has 4 nitrogen and oxygen atoms in total. The molecule has 2 fully saturated rings. The van der Waals surface area contributed by atoms with Crippen molar-refractivity contribution in [2.45, 2.75) is 58.2 Å². The van der Waals surface area contributed by atoms with E-state index in [-0.39, 0.29) is 6.10 Å². The van der Waals surface area contributed by atoms with E-state index >= 15 is 0 Å². The molecule has 1 heterocycles. The van der Waals surface area contributed by atoms with Gasteiger partial charge in [-0.15, -0.1) is 0 Å². The molecule has 1 saturated heterocycles. The van der Waals surface area contributed by atoms with Crippen LogP contribution in [0.3, 0.4) is 0 Å². The molecule has 1 aliphatic heterocycles. The van der Waals surface area contributed by atoms with Gasteiger partial charge >= 0.3 is 0 Å². The van der Waals surface area contributed by atoms with Gasteiger partial charge in [0.25, 0.3) is 0 Å². The van der Waals surface area contributed by atoms with Gasteiger partial charge < -0.3 is 20.1 Å². The molecule has 2 N–H and O–H groups in total. The largest absolute Gasteiger partial charge is 0.389 e. The first kappa shape index (κ1) is 17.2. The van der Waals surface area contributed by atoms with Crippen LogP contribution in [0.1, 0.15) is 46.0 Å². The molecule has 1 saturated carbocycles. The van der Waals surface area contributed by atoms with Crippen LogP contribution in [-0.2, 0) is 4.74 Å². The van der Waals surface area contributed by atoms with Crippen molar-refractivity contribution in [3.05, 3.63) is 0 Å². The lowest BCUT2D eigenvalue weighted by Crippen LogP contribution is -2.35. The van der Waals surface area contributed by atoms with E-state index in [1.54, 1.807) is 0 Å². The quantitative estimate of drug-likeness (QED) is 0.718. The first-order valence-corrected chi connectivity index (χ1v) is 8.90. The van der Waals surface area contributed by atoms with Gasteiger partial charge in [-0.1, -0.05) is 26.7 Å². The van der Waals surface area contributed by atoms with Crippen LogP contribution in [-0.4, -0.2) is 61.5 Å². The van der Waals surface area contributed by atoms with Crippen molar-refractivity contribution in [1.82, 2.24) is 10.2 Å². The summed E-state index contributed by atoms with van der Waals surface area (Å²) >= 11 is 0. The van der Waals surface area contributed by atoms with E-state index in [2.05, 4.69) is 24.1 Å². The van der Waals surface area contributed by atoms with Crippen LogP contribution in [0.25, 0.3) is 0 Å². The molecule has 1 aliphatic carbocycles. The molecule has 0 bridgehead atoms. The molecule has 0 aromatic rings. The SMILES string of the molecule is CCN1CCC(CNCC(O)COC2CCCC(C)C2)C1. The van der Waals surface area contributed by atoms with Crippen LogP contribution in [0.15, 0.2) is 0 Å². The zero-order valence-electron chi connectivity index (χ0n) is 13.9. The average molecular weight is 298 g/mol. The van der Waals surface area contributed by atoms with Crippen LogP contribution < -0.4 is 5.32 Å². The topological polar surface area (TPSA) is 44.7 Å². The maximum atomic E-state index is 10.0. The molecule has 4 heteroatoms. The fourth-order valence-electron chi connectivity index (χ4n) is 3.66. The third kappa shape index (κ3) is 6.23. The molecule has 21 heavy (non-hydrogen) atoms. The molecule has 2 rings (SSSR count). The van der Waals surface area contributed by atoms with Gasteiger partial charge in [-0.05, 0) is 50.7 Å². The van der Waals surface area contributed by atoms with E-state index in [0.29, 0.717) is 19.3 Å². The Hall–Kier alpha value is -0.160. The van der Waals surface area contributed by atoms with Crippen LogP contribution in [0, 0.1) is 11.8 Å². The zero-order valence-corrected chi connectivity index (χ0v) is 13.9. The smallest absolute Gasteiger partial charge is 0.0897 e. The van der Waals surface area contributed by atoms with E-state index in [0.717, 1.165) is 31.3 Å². The monoisotopic (exact) mass is 298 g/mol. The standard InChI is InChI=1S/C17H34N2O2/c1-3-19-8-7-15(12-19)10-18-11-16(20)13-21-17-6-4-5-14(2)9-17/h14-18,20H,3-13H2,1-2H3. The summed E-state index contributed by atoms with van der Waals surface area (Å²) in [7, 11) is 0. The van der Waals surface area contributed by atoms with Crippen LogP contribution in [0.2, 0.25) is 0 Å². The number of nitrogens with one attached hydrogen (secondary N) is 1. The summed E-state index contributed by atoms with van der Waals surface area (Å²) in [5, 5.41) is 13.4. The van der Waals surface area contributed by atoms with Gasteiger partial charge in [-0.3, -0.25) is 0 Å². The average Bonchev–Trinajstić information content (AvgIpc) is 2.93. The number of likely N-dealkylation sites (tertiary alicyclic amines) is 1. The Kier molecular flexibility index (Phi) is 7.44. The molecular weight excluding hydrogens is 264 g/mol. The van der Waals surface area contributed by atoms with Crippen molar-refractivity contribution in [3.63, 3.8) is 0 Å². The number of hydrogen-bond donors (Lipinski definition) is 2. The second-order valence-electron chi connectivity index (χ2n) is 7.09. The van der Waals surface area contributed by atoms with Crippen LogP contribution >= 0.6 is 0 Å².